The number of hydrogen-bond donors (Lipinski definition) is 6. The SMILES string of the molecule is CC(C)C1CC(=O)C2C1(C)C(O)CC1(C)C3CCC4C(C)(CC(O)C(OC5OC(CO)C(O)C(O)C5O)C4(C)C)C3=CCC21C. The highest BCUT2D eigenvalue weighted by atomic mass is 16.7. The second kappa shape index (κ2) is 10.8. The van der Waals surface area contributed by atoms with Gasteiger partial charge in [-0.15, -0.1) is 0 Å². The second-order valence-electron chi connectivity index (χ2n) is 17.7. The van der Waals surface area contributed by atoms with Crippen LogP contribution in [0.5, 0.6) is 0 Å². The van der Waals surface area contributed by atoms with Crippen molar-refractivity contribution in [3.63, 3.8) is 0 Å². The fourth-order valence-electron chi connectivity index (χ4n) is 12.7. The summed E-state index contributed by atoms with van der Waals surface area (Å²) in [5, 5.41) is 64.7. The lowest BCUT2D eigenvalue weighted by Gasteiger charge is -2.70. The van der Waals surface area contributed by atoms with Crippen molar-refractivity contribution in [2.45, 2.75) is 143 Å². The van der Waals surface area contributed by atoms with E-state index in [2.05, 4.69) is 61.5 Å². The van der Waals surface area contributed by atoms with E-state index in [-0.39, 0.29) is 39.9 Å². The molecule has 0 bridgehead atoms. The van der Waals surface area contributed by atoms with Gasteiger partial charge in [0.25, 0.3) is 0 Å². The van der Waals surface area contributed by atoms with Crippen LogP contribution in [0.25, 0.3) is 0 Å². The Kier molecular flexibility index (Phi) is 8.15. The minimum atomic E-state index is -1.55. The minimum Gasteiger partial charge on any atom is -0.394 e. The first-order valence-electron chi connectivity index (χ1n) is 17.4. The summed E-state index contributed by atoms with van der Waals surface area (Å²) >= 11 is 0. The van der Waals surface area contributed by atoms with Gasteiger partial charge < -0.3 is 40.1 Å². The van der Waals surface area contributed by atoms with Gasteiger partial charge in [0.15, 0.2) is 6.29 Å². The van der Waals surface area contributed by atoms with Crippen molar-refractivity contribution in [2.75, 3.05) is 6.61 Å². The molecular weight excluding hydrogens is 576 g/mol. The Bertz CT molecular complexity index is 1210. The van der Waals surface area contributed by atoms with Gasteiger partial charge in [0.2, 0.25) is 0 Å². The van der Waals surface area contributed by atoms with Gasteiger partial charge >= 0.3 is 0 Å². The molecule has 0 aromatic heterocycles. The summed E-state index contributed by atoms with van der Waals surface area (Å²) in [7, 11) is 0. The lowest BCUT2D eigenvalue weighted by atomic mass is 9.35. The first kappa shape index (κ1) is 34.0. The fraction of sp³-hybridized carbons (Fsp3) is 0.917. The fourth-order valence-corrected chi connectivity index (χ4v) is 12.7. The molecule has 45 heavy (non-hydrogen) atoms. The molecule has 0 radical (unpaired) electrons. The molecule has 1 heterocycles. The van der Waals surface area contributed by atoms with Crippen molar-refractivity contribution in [2.24, 2.45) is 56.7 Å². The highest BCUT2D eigenvalue weighted by molar-refractivity contribution is 5.86. The molecule has 0 aromatic rings. The quantitative estimate of drug-likeness (QED) is 0.202. The summed E-state index contributed by atoms with van der Waals surface area (Å²) in [6.07, 6.45) is -2.58. The Morgan fingerprint density at radius 3 is 2.22 bits per heavy atom. The van der Waals surface area contributed by atoms with Crippen LogP contribution in [0.2, 0.25) is 0 Å². The highest BCUT2D eigenvalue weighted by Gasteiger charge is 2.73. The predicted octanol–water partition coefficient (Wildman–Crippen LogP) is 2.97. The summed E-state index contributed by atoms with van der Waals surface area (Å²) < 4.78 is 12.0. The van der Waals surface area contributed by atoms with Crippen LogP contribution < -0.4 is 0 Å². The van der Waals surface area contributed by atoms with Crippen molar-refractivity contribution in [3.8, 4) is 0 Å². The van der Waals surface area contributed by atoms with Crippen molar-refractivity contribution in [1.29, 1.82) is 0 Å². The van der Waals surface area contributed by atoms with Crippen LogP contribution in [0, 0.1) is 56.7 Å². The van der Waals surface area contributed by atoms with Gasteiger partial charge in [0.1, 0.15) is 30.2 Å². The number of aliphatic hydroxyl groups excluding tert-OH is 6. The van der Waals surface area contributed by atoms with Gasteiger partial charge in [-0.05, 0) is 77.4 Å². The molecule has 4 saturated carbocycles. The molecule has 0 aromatic carbocycles. The summed E-state index contributed by atoms with van der Waals surface area (Å²) in [6, 6.07) is 0. The van der Waals surface area contributed by atoms with Crippen molar-refractivity contribution >= 4 is 5.78 Å². The van der Waals surface area contributed by atoms with Crippen molar-refractivity contribution in [1.82, 2.24) is 0 Å². The number of carbonyl (C=O) groups is 1. The summed E-state index contributed by atoms with van der Waals surface area (Å²) in [5.41, 5.74) is -0.582. The lowest BCUT2D eigenvalue weighted by molar-refractivity contribution is -0.336. The predicted molar refractivity (Wildman–Crippen MR) is 166 cm³/mol. The van der Waals surface area contributed by atoms with E-state index >= 15 is 0 Å². The van der Waals surface area contributed by atoms with Gasteiger partial charge in [-0.2, -0.15) is 0 Å². The monoisotopic (exact) mass is 634 g/mol. The number of Topliss-reactive ketones (excluding diaryl/α,β-unsaturated/α-hetero) is 1. The van der Waals surface area contributed by atoms with Crippen molar-refractivity contribution in [3.05, 3.63) is 11.6 Å². The second-order valence-corrected chi connectivity index (χ2v) is 17.7. The summed E-state index contributed by atoms with van der Waals surface area (Å²) in [6.45, 7) is 17.1. The molecule has 6 rings (SSSR count). The highest BCUT2D eigenvalue weighted by Crippen LogP contribution is 2.75. The molecule has 256 valence electrons. The molecule has 9 heteroatoms. The molecule has 16 unspecified atom stereocenters. The van der Waals surface area contributed by atoms with E-state index < -0.39 is 66.5 Å². The first-order chi connectivity index (χ1) is 20.8. The van der Waals surface area contributed by atoms with E-state index in [1.54, 1.807) is 0 Å². The van der Waals surface area contributed by atoms with Crippen molar-refractivity contribution < 1.29 is 44.9 Å². The number of allylic oxidation sites excluding steroid dienone is 2. The molecule has 9 nitrogen and oxygen atoms in total. The van der Waals surface area contributed by atoms with Gasteiger partial charge in [-0.3, -0.25) is 4.79 Å². The van der Waals surface area contributed by atoms with E-state index in [9.17, 15) is 35.4 Å². The lowest BCUT2D eigenvalue weighted by Crippen LogP contribution is -2.67. The molecule has 5 aliphatic carbocycles. The van der Waals surface area contributed by atoms with E-state index in [0.29, 0.717) is 31.0 Å². The largest absolute Gasteiger partial charge is 0.394 e. The number of hydrogen-bond acceptors (Lipinski definition) is 9. The zero-order chi connectivity index (χ0) is 33.2. The minimum absolute atomic E-state index is 0.121. The van der Waals surface area contributed by atoms with E-state index in [0.717, 1.165) is 19.3 Å². The van der Waals surface area contributed by atoms with Gasteiger partial charge in [0, 0.05) is 17.8 Å². The molecular formula is C36H58O9. The molecule has 6 aliphatic rings. The Labute approximate surface area is 268 Å². The molecule has 16 atom stereocenters. The van der Waals surface area contributed by atoms with Gasteiger partial charge in [-0.25, -0.2) is 0 Å². The van der Waals surface area contributed by atoms with Crippen LogP contribution in [0.4, 0.5) is 0 Å². The number of ether oxygens (including phenoxy) is 2. The normalized spacial score (nSPS) is 55.8. The maximum Gasteiger partial charge on any atom is 0.187 e. The number of aliphatic hydroxyl groups is 6. The zero-order valence-electron chi connectivity index (χ0n) is 28.4. The zero-order valence-corrected chi connectivity index (χ0v) is 28.4. The maximum absolute atomic E-state index is 13.9. The van der Waals surface area contributed by atoms with Crippen LogP contribution in [0.15, 0.2) is 11.6 Å². The van der Waals surface area contributed by atoms with Gasteiger partial charge in [-0.1, -0.05) is 67.0 Å². The average Bonchev–Trinajstić information content (AvgIpc) is 3.24. The Balaban J connectivity index is 1.32. The molecule has 1 saturated heterocycles. The van der Waals surface area contributed by atoms with Crippen LogP contribution >= 0.6 is 0 Å². The maximum atomic E-state index is 13.9. The number of carbonyl (C=O) groups excluding carboxylic acids is 1. The van der Waals surface area contributed by atoms with Crippen LogP contribution in [0.1, 0.15) is 93.9 Å². The molecule has 0 spiro atoms. The van der Waals surface area contributed by atoms with E-state index in [4.69, 9.17) is 9.47 Å². The standard InChI is InChI=1S/C36H58O9/c1-17(2)20-13-21(38)29-34(6)12-11-18-19(35(34,7)15-25(40)36(20,29)8)9-10-24-32(3,4)30(22(39)14-33(18,24)5)45-31-28(43)27(42)26(41)23(16-37)44-31/h11,17,19-20,22-31,37,39-43H,9-10,12-16H2,1-8H3. The number of ketones is 1. The molecule has 1 aliphatic heterocycles. The van der Waals surface area contributed by atoms with E-state index in [1.165, 1.54) is 5.57 Å². The third-order valence-corrected chi connectivity index (χ3v) is 15.1. The van der Waals surface area contributed by atoms with Crippen LogP contribution in [-0.2, 0) is 14.3 Å². The Morgan fingerprint density at radius 1 is 0.933 bits per heavy atom. The third kappa shape index (κ3) is 4.37. The molecule has 6 N–H and O–H groups in total. The van der Waals surface area contributed by atoms with Crippen LogP contribution in [0.3, 0.4) is 0 Å². The number of rotatable bonds is 4. The Hall–Kier alpha value is -0.910. The van der Waals surface area contributed by atoms with Gasteiger partial charge in [0.05, 0.1) is 24.9 Å². The molecule has 0 amide bonds. The summed E-state index contributed by atoms with van der Waals surface area (Å²) in [4.78, 5) is 13.9. The topological polar surface area (TPSA) is 157 Å². The Morgan fingerprint density at radius 2 is 1.60 bits per heavy atom. The third-order valence-electron chi connectivity index (χ3n) is 15.1. The summed E-state index contributed by atoms with van der Waals surface area (Å²) in [5.74, 6) is 0.895. The molecule has 5 fully saturated rings. The smallest absolute Gasteiger partial charge is 0.187 e. The first-order valence-corrected chi connectivity index (χ1v) is 17.4. The average molecular weight is 635 g/mol. The number of fused-ring (bicyclic) bond motifs is 7. The van der Waals surface area contributed by atoms with E-state index in [1.807, 2.05) is 0 Å². The van der Waals surface area contributed by atoms with Crippen LogP contribution in [-0.4, -0.2) is 92.0 Å².